The van der Waals surface area contributed by atoms with Crippen LogP contribution in [0.5, 0.6) is 0 Å². The molecule has 1 aromatic carbocycles. The van der Waals surface area contributed by atoms with Crippen LogP contribution in [-0.2, 0) is 6.18 Å². The van der Waals surface area contributed by atoms with Crippen molar-refractivity contribution in [3.63, 3.8) is 0 Å². The van der Waals surface area contributed by atoms with E-state index in [1.165, 1.54) is 63.5 Å². The summed E-state index contributed by atoms with van der Waals surface area (Å²) in [5.41, 5.74) is 0.0733. The van der Waals surface area contributed by atoms with E-state index in [1.807, 2.05) is 6.08 Å². The normalized spacial score (nSPS) is 22.6. The molecule has 0 spiro atoms. The Hall–Kier alpha value is -1.25. The second kappa shape index (κ2) is 8.56. The second-order valence-corrected chi connectivity index (χ2v) is 6.76. The molecule has 23 heavy (non-hydrogen) atoms. The molecule has 2 rings (SSSR count). The zero-order valence-corrected chi connectivity index (χ0v) is 13.9. The van der Waals surface area contributed by atoms with E-state index in [1.54, 1.807) is 6.07 Å². The van der Waals surface area contributed by atoms with Crippen LogP contribution < -0.4 is 0 Å². The van der Waals surface area contributed by atoms with Gasteiger partial charge < -0.3 is 0 Å². The third-order valence-corrected chi connectivity index (χ3v) is 4.88. The Morgan fingerprint density at radius 3 is 2.48 bits per heavy atom. The van der Waals surface area contributed by atoms with Crippen LogP contribution in [0.15, 0.2) is 30.3 Å². The fourth-order valence-corrected chi connectivity index (χ4v) is 3.42. The summed E-state index contributed by atoms with van der Waals surface area (Å²) in [6.45, 7) is 2.23. The average molecular weight is 324 g/mol. The van der Waals surface area contributed by atoms with E-state index in [-0.39, 0.29) is 0 Å². The Labute approximate surface area is 137 Å². The summed E-state index contributed by atoms with van der Waals surface area (Å²) >= 11 is 0. The zero-order chi connectivity index (χ0) is 16.7. The monoisotopic (exact) mass is 324 g/mol. The molecule has 3 heteroatoms. The van der Waals surface area contributed by atoms with Gasteiger partial charge in [-0.25, -0.2) is 0 Å². The molecule has 0 atom stereocenters. The Morgan fingerprint density at radius 2 is 1.83 bits per heavy atom. The van der Waals surface area contributed by atoms with Gasteiger partial charge >= 0.3 is 6.18 Å². The van der Waals surface area contributed by atoms with E-state index in [9.17, 15) is 13.2 Å². The minimum atomic E-state index is -4.26. The summed E-state index contributed by atoms with van der Waals surface area (Å²) in [5, 5.41) is 0. The molecule has 0 radical (unpaired) electrons. The Bertz CT molecular complexity index is 494. The Morgan fingerprint density at radius 1 is 1.09 bits per heavy atom. The summed E-state index contributed by atoms with van der Waals surface area (Å²) < 4.78 is 38.1. The molecule has 0 heterocycles. The fourth-order valence-electron chi connectivity index (χ4n) is 3.42. The van der Waals surface area contributed by atoms with Crippen molar-refractivity contribution >= 4 is 6.08 Å². The summed E-state index contributed by atoms with van der Waals surface area (Å²) in [4.78, 5) is 0. The number of hydrogen-bond donors (Lipinski definition) is 0. The Kier molecular flexibility index (Phi) is 6.73. The van der Waals surface area contributed by atoms with Crippen LogP contribution in [0.2, 0.25) is 0 Å². The summed E-state index contributed by atoms with van der Waals surface area (Å²) in [6.07, 6.45) is 9.87. The average Bonchev–Trinajstić information content (AvgIpc) is 2.54. The van der Waals surface area contributed by atoms with Crippen molar-refractivity contribution in [3.05, 3.63) is 41.5 Å². The summed E-state index contributed by atoms with van der Waals surface area (Å²) in [5.74, 6) is 1.38. The maximum absolute atomic E-state index is 12.7. The minimum absolute atomic E-state index is 0.520. The van der Waals surface area contributed by atoms with Gasteiger partial charge in [-0.05, 0) is 55.2 Å². The number of alkyl halides is 3. The lowest BCUT2D eigenvalue weighted by Gasteiger charge is -2.26. The lowest BCUT2D eigenvalue weighted by atomic mass is 9.79. The fraction of sp³-hybridized carbons (Fsp3) is 0.600. The molecule has 0 unspecified atom stereocenters. The number of hydrogen-bond acceptors (Lipinski definition) is 0. The lowest BCUT2D eigenvalue weighted by Crippen LogP contribution is -2.13. The first-order chi connectivity index (χ1) is 11.0. The van der Waals surface area contributed by atoms with Crippen molar-refractivity contribution in [1.82, 2.24) is 0 Å². The van der Waals surface area contributed by atoms with E-state index < -0.39 is 11.7 Å². The van der Waals surface area contributed by atoms with Crippen molar-refractivity contribution in [2.75, 3.05) is 0 Å². The van der Waals surface area contributed by atoms with Gasteiger partial charge in [-0.1, -0.05) is 56.9 Å². The highest BCUT2D eigenvalue weighted by Gasteiger charge is 2.30. The molecule has 0 amide bonds. The number of rotatable bonds is 6. The number of unbranched alkanes of at least 4 members (excludes halogenated alkanes) is 2. The minimum Gasteiger partial charge on any atom is -0.166 e. The number of halogens is 3. The summed E-state index contributed by atoms with van der Waals surface area (Å²) in [7, 11) is 0. The van der Waals surface area contributed by atoms with Crippen molar-refractivity contribution < 1.29 is 13.2 Å². The van der Waals surface area contributed by atoms with Gasteiger partial charge in [0.15, 0.2) is 0 Å². The molecule has 0 N–H and O–H groups in total. The van der Waals surface area contributed by atoms with Gasteiger partial charge in [-0.3, -0.25) is 0 Å². The standard InChI is InChI=1S/C20H27F3/c1-2-3-4-6-16-9-11-17(12-10-16)13-14-18-7-5-8-19(15-18)20(21,22)23/h5,7-8,13-17H,2-4,6,9-12H2,1H3. The molecule has 0 bridgehead atoms. The molecule has 1 aliphatic carbocycles. The number of allylic oxidation sites excluding steroid dienone is 1. The first kappa shape index (κ1) is 18.1. The van der Waals surface area contributed by atoms with Gasteiger partial charge in [-0.2, -0.15) is 13.2 Å². The molecule has 0 nitrogen and oxygen atoms in total. The molecule has 1 aromatic rings. The topological polar surface area (TPSA) is 0 Å². The van der Waals surface area contributed by atoms with Crippen LogP contribution in [-0.4, -0.2) is 0 Å². The molecule has 0 aromatic heterocycles. The van der Waals surface area contributed by atoms with Crippen molar-refractivity contribution in [2.24, 2.45) is 11.8 Å². The third kappa shape index (κ3) is 6.04. The highest BCUT2D eigenvalue weighted by molar-refractivity contribution is 5.51. The van der Waals surface area contributed by atoms with E-state index >= 15 is 0 Å². The molecular weight excluding hydrogens is 297 g/mol. The van der Waals surface area contributed by atoms with Crippen molar-refractivity contribution in [2.45, 2.75) is 64.5 Å². The van der Waals surface area contributed by atoms with E-state index in [0.29, 0.717) is 11.5 Å². The van der Waals surface area contributed by atoms with E-state index in [4.69, 9.17) is 0 Å². The van der Waals surface area contributed by atoms with Crippen molar-refractivity contribution in [1.29, 1.82) is 0 Å². The summed E-state index contributed by atoms with van der Waals surface area (Å²) in [6, 6.07) is 5.57. The SMILES string of the molecule is CCCCCC1CCC(C=Cc2cccc(C(F)(F)F)c2)CC1. The maximum Gasteiger partial charge on any atom is 0.416 e. The van der Waals surface area contributed by atoms with E-state index in [2.05, 4.69) is 13.0 Å². The largest absolute Gasteiger partial charge is 0.416 e. The molecule has 0 aliphatic heterocycles. The van der Waals surface area contributed by atoms with Gasteiger partial charge in [0.05, 0.1) is 5.56 Å². The first-order valence-electron chi connectivity index (χ1n) is 8.84. The van der Waals surface area contributed by atoms with Gasteiger partial charge in [0.1, 0.15) is 0 Å². The van der Waals surface area contributed by atoms with Crippen LogP contribution in [0.25, 0.3) is 6.08 Å². The van der Waals surface area contributed by atoms with Crippen LogP contribution in [0.1, 0.15) is 69.4 Å². The third-order valence-electron chi connectivity index (χ3n) is 4.88. The van der Waals surface area contributed by atoms with Gasteiger partial charge in [0.2, 0.25) is 0 Å². The van der Waals surface area contributed by atoms with Crippen LogP contribution in [0, 0.1) is 11.8 Å². The maximum atomic E-state index is 12.7. The molecule has 1 fully saturated rings. The van der Waals surface area contributed by atoms with Crippen LogP contribution in [0.4, 0.5) is 13.2 Å². The molecule has 1 saturated carbocycles. The quantitative estimate of drug-likeness (QED) is 0.489. The van der Waals surface area contributed by atoms with Crippen molar-refractivity contribution in [3.8, 4) is 0 Å². The van der Waals surface area contributed by atoms with Crippen LogP contribution >= 0.6 is 0 Å². The Balaban J connectivity index is 1.83. The highest BCUT2D eigenvalue weighted by atomic mass is 19.4. The predicted molar refractivity (Wildman–Crippen MR) is 90.1 cm³/mol. The molecule has 0 saturated heterocycles. The van der Waals surface area contributed by atoms with Crippen LogP contribution in [0.3, 0.4) is 0 Å². The molecular formula is C20H27F3. The highest BCUT2D eigenvalue weighted by Crippen LogP contribution is 2.33. The zero-order valence-electron chi connectivity index (χ0n) is 13.9. The van der Waals surface area contributed by atoms with E-state index in [0.717, 1.165) is 12.0 Å². The smallest absolute Gasteiger partial charge is 0.166 e. The van der Waals surface area contributed by atoms with Gasteiger partial charge in [-0.15, -0.1) is 0 Å². The molecule has 128 valence electrons. The second-order valence-electron chi connectivity index (χ2n) is 6.76. The predicted octanol–water partition coefficient (Wildman–Crippen LogP) is 7.11. The lowest BCUT2D eigenvalue weighted by molar-refractivity contribution is -0.137. The number of benzene rings is 1. The first-order valence-corrected chi connectivity index (χ1v) is 8.84. The van der Waals surface area contributed by atoms with Gasteiger partial charge in [0.25, 0.3) is 0 Å². The van der Waals surface area contributed by atoms with Gasteiger partial charge in [0, 0.05) is 0 Å². The molecule has 1 aliphatic rings.